The topological polar surface area (TPSA) is 42.0 Å². The summed E-state index contributed by atoms with van der Waals surface area (Å²) in [6.45, 7) is 1.72. The SMILES string of the molecule is Cc1nc(-c2cccs2)ccc1C(=O)Nc1cc(F)cc(F)c1. The lowest BCUT2D eigenvalue weighted by Gasteiger charge is -2.09. The second kappa shape index (κ2) is 6.26. The largest absolute Gasteiger partial charge is 0.322 e. The molecule has 1 aromatic carbocycles. The van der Waals surface area contributed by atoms with Gasteiger partial charge in [0.15, 0.2) is 0 Å². The Morgan fingerprint density at radius 3 is 2.48 bits per heavy atom. The summed E-state index contributed by atoms with van der Waals surface area (Å²) in [6, 6.07) is 10.1. The molecule has 0 bridgehead atoms. The predicted octanol–water partition coefficient (Wildman–Crippen LogP) is 4.65. The number of hydrogen-bond acceptors (Lipinski definition) is 3. The Bertz CT molecular complexity index is 843. The predicted molar refractivity (Wildman–Crippen MR) is 86.6 cm³/mol. The van der Waals surface area contributed by atoms with Crippen molar-refractivity contribution in [3.8, 4) is 10.6 Å². The van der Waals surface area contributed by atoms with Crippen molar-refractivity contribution in [2.45, 2.75) is 6.92 Å². The number of benzene rings is 1. The van der Waals surface area contributed by atoms with Gasteiger partial charge in [0.2, 0.25) is 0 Å². The highest BCUT2D eigenvalue weighted by atomic mass is 32.1. The van der Waals surface area contributed by atoms with Crippen LogP contribution in [0.15, 0.2) is 47.8 Å². The highest BCUT2D eigenvalue weighted by molar-refractivity contribution is 7.13. The second-order valence-electron chi connectivity index (χ2n) is 4.92. The van der Waals surface area contributed by atoms with E-state index in [9.17, 15) is 13.6 Å². The molecule has 1 N–H and O–H groups in total. The third-order valence-electron chi connectivity index (χ3n) is 3.22. The number of aromatic nitrogens is 1. The van der Waals surface area contributed by atoms with E-state index >= 15 is 0 Å². The minimum absolute atomic E-state index is 0.0641. The number of hydrogen-bond donors (Lipinski definition) is 1. The monoisotopic (exact) mass is 330 g/mol. The summed E-state index contributed by atoms with van der Waals surface area (Å²) in [6.07, 6.45) is 0. The molecule has 2 aromatic heterocycles. The Kier molecular flexibility index (Phi) is 4.16. The molecule has 3 nitrogen and oxygen atoms in total. The molecule has 3 rings (SSSR count). The Morgan fingerprint density at radius 1 is 1.13 bits per heavy atom. The first-order valence-corrected chi connectivity index (χ1v) is 7.70. The van der Waals surface area contributed by atoms with Gasteiger partial charge in [0, 0.05) is 11.8 Å². The van der Waals surface area contributed by atoms with E-state index in [4.69, 9.17) is 0 Å². The van der Waals surface area contributed by atoms with Crippen LogP contribution in [-0.2, 0) is 0 Å². The number of carbonyl (C=O) groups excluding carboxylic acids is 1. The van der Waals surface area contributed by atoms with Gasteiger partial charge in [0.05, 0.1) is 21.8 Å². The van der Waals surface area contributed by atoms with Crippen molar-refractivity contribution in [3.63, 3.8) is 0 Å². The highest BCUT2D eigenvalue weighted by Gasteiger charge is 2.13. The van der Waals surface area contributed by atoms with Crippen LogP contribution in [0.4, 0.5) is 14.5 Å². The second-order valence-corrected chi connectivity index (χ2v) is 5.87. The zero-order chi connectivity index (χ0) is 16.4. The molecule has 0 unspecified atom stereocenters. The number of rotatable bonds is 3. The van der Waals surface area contributed by atoms with Gasteiger partial charge in [-0.25, -0.2) is 8.78 Å². The van der Waals surface area contributed by atoms with E-state index in [1.165, 1.54) is 0 Å². The van der Waals surface area contributed by atoms with E-state index in [-0.39, 0.29) is 5.69 Å². The van der Waals surface area contributed by atoms with E-state index in [0.717, 1.165) is 28.8 Å². The summed E-state index contributed by atoms with van der Waals surface area (Å²) in [5.41, 5.74) is 1.75. The Balaban J connectivity index is 1.85. The van der Waals surface area contributed by atoms with Crippen molar-refractivity contribution in [2.75, 3.05) is 5.32 Å². The molecule has 3 aromatic rings. The lowest BCUT2D eigenvalue weighted by Crippen LogP contribution is -2.14. The third kappa shape index (κ3) is 3.43. The highest BCUT2D eigenvalue weighted by Crippen LogP contribution is 2.24. The van der Waals surface area contributed by atoms with Crippen molar-refractivity contribution in [1.29, 1.82) is 0 Å². The number of nitrogens with one attached hydrogen (secondary N) is 1. The maximum absolute atomic E-state index is 13.2. The van der Waals surface area contributed by atoms with Gasteiger partial charge in [-0.05, 0) is 42.6 Å². The fourth-order valence-corrected chi connectivity index (χ4v) is 2.88. The molecule has 0 fully saturated rings. The van der Waals surface area contributed by atoms with Gasteiger partial charge in [-0.15, -0.1) is 11.3 Å². The summed E-state index contributed by atoms with van der Waals surface area (Å²) >= 11 is 1.56. The van der Waals surface area contributed by atoms with Crippen molar-refractivity contribution in [3.05, 3.63) is 70.7 Å². The molecule has 0 aliphatic rings. The quantitative estimate of drug-likeness (QED) is 0.759. The summed E-state index contributed by atoms with van der Waals surface area (Å²) in [5, 5.41) is 4.43. The Morgan fingerprint density at radius 2 is 1.87 bits per heavy atom. The van der Waals surface area contributed by atoms with Crippen LogP contribution in [0, 0.1) is 18.6 Å². The Labute approximate surface area is 135 Å². The van der Waals surface area contributed by atoms with Crippen LogP contribution >= 0.6 is 11.3 Å². The van der Waals surface area contributed by atoms with Crippen LogP contribution in [-0.4, -0.2) is 10.9 Å². The van der Waals surface area contributed by atoms with Crippen LogP contribution in [0.3, 0.4) is 0 Å². The minimum Gasteiger partial charge on any atom is -0.322 e. The number of aryl methyl sites for hydroxylation is 1. The summed E-state index contributed by atoms with van der Waals surface area (Å²) in [5.74, 6) is -1.95. The molecule has 23 heavy (non-hydrogen) atoms. The molecule has 2 heterocycles. The molecule has 0 atom stereocenters. The number of anilines is 1. The van der Waals surface area contributed by atoms with Gasteiger partial charge in [-0.3, -0.25) is 9.78 Å². The first kappa shape index (κ1) is 15.3. The smallest absolute Gasteiger partial charge is 0.257 e. The van der Waals surface area contributed by atoms with Crippen LogP contribution in [0.1, 0.15) is 16.1 Å². The number of pyridine rings is 1. The Hall–Kier alpha value is -2.60. The number of thiophene rings is 1. The van der Waals surface area contributed by atoms with E-state index in [0.29, 0.717) is 11.3 Å². The zero-order valence-corrected chi connectivity index (χ0v) is 13.0. The lowest BCUT2D eigenvalue weighted by atomic mass is 10.1. The van der Waals surface area contributed by atoms with Gasteiger partial charge in [0.1, 0.15) is 11.6 Å². The molecular weight excluding hydrogens is 318 g/mol. The van der Waals surface area contributed by atoms with Crippen molar-refractivity contribution in [2.24, 2.45) is 0 Å². The summed E-state index contributed by atoms with van der Waals surface area (Å²) < 4.78 is 26.3. The average molecular weight is 330 g/mol. The van der Waals surface area contributed by atoms with E-state index in [1.807, 2.05) is 17.5 Å². The zero-order valence-electron chi connectivity index (χ0n) is 12.1. The van der Waals surface area contributed by atoms with Crippen LogP contribution < -0.4 is 5.32 Å². The number of halogens is 2. The molecule has 0 aliphatic heterocycles. The molecular formula is C17H12F2N2OS. The minimum atomic E-state index is -0.747. The van der Waals surface area contributed by atoms with Crippen LogP contribution in [0.25, 0.3) is 10.6 Å². The average Bonchev–Trinajstić information content (AvgIpc) is 2.99. The van der Waals surface area contributed by atoms with Crippen molar-refractivity contribution < 1.29 is 13.6 Å². The van der Waals surface area contributed by atoms with Crippen LogP contribution in [0.2, 0.25) is 0 Å². The number of amides is 1. The first-order chi connectivity index (χ1) is 11.0. The van der Waals surface area contributed by atoms with E-state index in [2.05, 4.69) is 10.3 Å². The van der Waals surface area contributed by atoms with Gasteiger partial charge < -0.3 is 5.32 Å². The van der Waals surface area contributed by atoms with Gasteiger partial charge in [-0.1, -0.05) is 6.07 Å². The summed E-state index contributed by atoms with van der Waals surface area (Å²) in [4.78, 5) is 17.7. The maximum atomic E-state index is 13.2. The summed E-state index contributed by atoms with van der Waals surface area (Å²) in [7, 11) is 0. The molecule has 6 heteroatoms. The number of nitrogens with zero attached hydrogens (tertiary/aromatic N) is 1. The molecule has 0 radical (unpaired) electrons. The molecule has 0 aliphatic carbocycles. The third-order valence-corrected chi connectivity index (χ3v) is 4.12. The van der Waals surface area contributed by atoms with Gasteiger partial charge in [-0.2, -0.15) is 0 Å². The first-order valence-electron chi connectivity index (χ1n) is 6.82. The molecule has 116 valence electrons. The molecule has 0 saturated heterocycles. The maximum Gasteiger partial charge on any atom is 0.257 e. The molecule has 0 saturated carbocycles. The van der Waals surface area contributed by atoms with Crippen molar-refractivity contribution >= 4 is 22.9 Å². The number of carbonyl (C=O) groups is 1. The van der Waals surface area contributed by atoms with Crippen molar-refractivity contribution in [1.82, 2.24) is 4.98 Å². The van der Waals surface area contributed by atoms with E-state index in [1.54, 1.807) is 30.4 Å². The molecule has 0 spiro atoms. The lowest BCUT2D eigenvalue weighted by molar-refractivity contribution is 0.102. The van der Waals surface area contributed by atoms with Crippen LogP contribution in [0.5, 0.6) is 0 Å². The molecule has 1 amide bonds. The normalized spacial score (nSPS) is 10.6. The fourth-order valence-electron chi connectivity index (χ4n) is 2.19. The van der Waals surface area contributed by atoms with Gasteiger partial charge in [0.25, 0.3) is 5.91 Å². The van der Waals surface area contributed by atoms with Gasteiger partial charge >= 0.3 is 0 Å². The standard InChI is InChI=1S/C17H12F2N2OS/c1-10-14(4-5-15(20-10)16-3-2-6-23-16)17(22)21-13-8-11(18)7-12(19)9-13/h2-9H,1H3,(H,21,22). The van der Waals surface area contributed by atoms with E-state index < -0.39 is 17.5 Å². The fraction of sp³-hybridized carbons (Fsp3) is 0.0588.